The van der Waals surface area contributed by atoms with Crippen LogP contribution in [0.25, 0.3) is 0 Å². The molecule has 0 unspecified atom stereocenters. The van der Waals surface area contributed by atoms with Gasteiger partial charge in [0.25, 0.3) is 0 Å². The number of urea groups is 1. The van der Waals surface area contributed by atoms with Gasteiger partial charge in [0.05, 0.1) is 0 Å². The predicted molar refractivity (Wildman–Crippen MR) is 82.4 cm³/mol. The molecule has 3 amide bonds. The largest absolute Gasteiger partial charge is 0.339 e. The molecule has 0 bridgehead atoms. The zero-order chi connectivity index (χ0) is 15.2. The summed E-state index contributed by atoms with van der Waals surface area (Å²) in [5, 5.41) is 3.62. The van der Waals surface area contributed by atoms with E-state index in [0.717, 1.165) is 12.0 Å². The van der Waals surface area contributed by atoms with Crippen LogP contribution in [0.3, 0.4) is 0 Å². The number of benzene rings is 1. The third-order valence-corrected chi connectivity index (χ3v) is 3.87. The van der Waals surface area contributed by atoms with Crippen LogP contribution in [0.5, 0.6) is 0 Å². The van der Waals surface area contributed by atoms with Crippen molar-refractivity contribution in [1.82, 2.24) is 15.1 Å². The average Bonchev–Trinajstić information content (AvgIpc) is 2.49. The maximum absolute atomic E-state index is 12.0. The first-order chi connectivity index (χ1) is 10.1. The fraction of sp³-hybridized carbons (Fsp3) is 0.467. The monoisotopic (exact) mass is 309 g/mol. The Bertz CT molecular complexity index is 496. The highest BCUT2D eigenvalue weighted by atomic mass is 35.5. The van der Waals surface area contributed by atoms with E-state index in [1.54, 1.807) is 16.7 Å². The van der Waals surface area contributed by atoms with E-state index in [9.17, 15) is 9.59 Å². The minimum atomic E-state index is -0.0628. The summed E-state index contributed by atoms with van der Waals surface area (Å²) in [7, 11) is 0. The van der Waals surface area contributed by atoms with Crippen LogP contribution in [0.4, 0.5) is 4.79 Å². The highest BCUT2D eigenvalue weighted by Crippen LogP contribution is 2.09. The SMILES string of the molecule is CC(=O)N1CCN(C(=O)NCCc2ccc(Cl)cc2)CC1. The van der Waals surface area contributed by atoms with Gasteiger partial charge in [0.15, 0.2) is 0 Å². The van der Waals surface area contributed by atoms with Gasteiger partial charge in [-0.25, -0.2) is 4.79 Å². The predicted octanol–water partition coefficient (Wildman–Crippen LogP) is 1.76. The van der Waals surface area contributed by atoms with Crippen LogP contribution < -0.4 is 5.32 Å². The second-order valence-electron chi connectivity index (χ2n) is 5.10. The van der Waals surface area contributed by atoms with Crippen LogP contribution in [0.15, 0.2) is 24.3 Å². The Morgan fingerprint density at radius 2 is 1.67 bits per heavy atom. The van der Waals surface area contributed by atoms with E-state index in [1.807, 2.05) is 24.3 Å². The number of hydrogen-bond acceptors (Lipinski definition) is 2. The lowest BCUT2D eigenvalue weighted by Gasteiger charge is -2.34. The third-order valence-electron chi connectivity index (χ3n) is 3.62. The van der Waals surface area contributed by atoms with Gasteiger partial charge < -0.3 is 15.1 Å². The molecule has 0 spiro atoms. The second kappa shape index (κ2) is 7.31. The number of amides is 3. The number of nitrogens with zero attached hydrogens (tertiary/aromatic N) is 2. The van der Waals surface area contributed by atoms with Crippen LogP contribution in [0, 0.1) is 0 Å². The molecule has 1 aliphatic rings. The highest BCUT2D eigenvalue weighted by Gasteiger charge is 2.21. The van der Waals surface area contributed by atoms with Crippen LogP contribution in [0.1, 0.15) is 12.5 Å². The Hall–Kier alpha value is -1.75. The lowest BCUT2D eigenvalue weighted by atomic mass is 10.1. The molecule has 0 atom stereocenters. The van der Waals surface area contributed by atoms with Gasteiger partial charge in [-0.05, 0) is 24.1 Å². The number of carbonyl (C=O) groups excluding carboxylic acids is 2. The molecule has 1 saturated heterocycles. The first kappa shape index (κ1) is 15.6. The second-order valence-corrected chi connectivity index (χ2v) is 5.54. The van der Waals surface area contributed by atoms with Gasteiger partial charge in [0.1, 0.15) is 0 Å². The van der Waals surface area contributed by atoms with Gasteiger partial charge >= 0.3 is 6.03 Å². The number of piperazine rings is 1. The Morgan fingerprint density at radius 3 is 2.24 bits per heavy atom. The normalized spacial score (nSPS) is 15.0. The molecule has 114 valence electrons. The van der Waals surface area contributed by atoms with Gasteiger partial charge in [0, 0.05) is 44.7 Å². The molecule has 1 aromatic carbocycles. The minimum absolute atomic E-state index is 0.0628. The van der Waals surface area contributed by atoms with Crippen LogP contribution in [0.2, 0.25) is 5.02 Å². The fourth-order valence-corrected chi connectivity index (χ4v) is 2.43. The van der Waals surface area contributed by atoms with Crippen LogP contribution in [-0.2, 0) is 11.2 Å². The number of halogens is 1. The molecule has 2 rings (SSSR count). The fourth-order valence-electron chi connectivity index (χ4n) is 2.30. The summed E-state index contributed by atoms with van der Waals surface area (Å²) >= 11 is 5.83. The Balaban J connectivity index is 1.70. The molecular weight excluding hydrogens is 290 g/mol. The molecule has 1 aromatic rings. The minimum Gasteiger partial charge on any atom is -0.339 e. The van der Waals surface area contributed by atoms with Gasteiger partial charge in [-0.3, -0.25) is 4.79 Å². The molecule has 1 fully saturated rings. The number of hydrogen-bond donors (Lipinski definition) is 1. The smallest absolute Gasteiger partial charge is 0.317 e. The van der Waals surface area contributed by atoms with E-state index in [2.05, 4.69) is 5.32 Å². The molecular formula is C15H20ClN3O2. The summed E-state index contributed by atoms with van der Waals surface area (Å²) < 4.78 is 0. The molecule has 1 aliphatic heterocycles. The number of carbonyl (C=O) groups is 2. The molecule has 6 heteroatoms. The van der Waals surface area contributed by atoms with E-state index < -0.39 is 0 Å². The molecule has 21 heavy (non-hydrogen) atoms. The van der Waals surface area contributed by atoms with Crippen molar-refractivity contribution < 1.29 is 9.59 Å². The standard InChI is InChI=1S/C15H20ClN3O2/c1-12(20)18-8-10-19(11-9-18)15(21)17-7-6-13-2-4-14(16)5-3-13/h2-5H,6-11H2,1H3,(H,17,21). The third kappa shape index (κ3) is 4.63. The van der Waals surface area contributed by atoms with Gasteiger partial charge in [-0.15, -0.1) is 0 Å². The molecule has 0 aromatic heterocycles. The van der Waals surface area contributed by atoms with E-state index in [1.165, 1.54) is 0 Å². The number of nitrogens with one attached hydrogen (secondary N) is 1. The zero-order valence-corrected chi connectivity index (χ0v) is 12.9. The molecule has 1 heterocycles. The summed E-state index contributed by atoms with van der Waals surface area (Å²) in [4.78, 5) is 26.7. The number of rotatable bonds is 3. The van der Waals surface area contributed by atoms with Crippen molar-refractivity contribution in [1.29, 1.82) is 0 Å². The first-order valence-electron chi connectivity index (χ1n) is 7.09. The van der Waals surface area contributed by atoms with Gasteiger partial charge in [-0.1, -0.05) is 23.7 Å². The van der Waals surface area contributed by atoms with Crippen molar-refractivity contribution in [2.75, 3.05) is 32.7 Å². The van der Waals surface area contributed by atoms with Crippen molar-refractivity contribution in [3.05, 3.63) is 34.9 Å². The van der Waals surface area contributed by atoms with Crippen LogP contribution in [-0.4, -0.2) is 54.5 Å². The van der Waals surface area contributed by atoms with Crippen molar-refractivity contribution in [3.8, 4) is 0 Å². The maximum atomic E-state index is 12.0. The van der Waals surface area contributed by atoms with Gasteiger partial charge in [-0.2, -0.15) is 0 Å². The molecule has 0 radical (unpaired) electrons. The average molecular weight is 310 g/mol. The van der Waals surface area contributed by atoms with E-state index in [4.69, 9.17) is 11.6 Å². The quantitative estimate of drug-likeness (QED) is 0.925. The lowest BCUT2D eigenvalue weighted by molar-refractivity contribution is -0.130. The van der Waals surface area contributed by atoms with E-state index in [0.29, 0.717) is 37.7 Å². The maximum Gasteiger partial charge on any atom is 0.317 e. The van der Waals surface area contributed by atoms with E-state index >= 15 is 0 Å². The Labute approximate surface area is 129 Å². The lowest BCUT2D eigenvalue weighted by Crippen LogP contribution is -2.52. The van der Waals surface area contributed by atoms with Crippen LogP contribution >= 0.6 is 11.6 Å². The van der Waals surface area contributed by atoms with Crippen molar-refractivity contribution >= 4 is 23.5 Å². The van der Waals surface area contributed by atoms with Gasteiger partial charge in [0.2, 0.25) is 5.91 Å². The molecule has 1 N–H and O–H groups in total. The van der Waals surface area contributed by atoms with Crippen molar-refractivity contribution in [2.24, 2.45) is 0 Å². The van der Waals surface area contributed by atoms with Crippen molar-refractivity contribution in [3.63, 3.8) is 0 Å². The topological polar surface area (TPSA) is 52.7 Å². The Morgan fingerprint density at radius 1 is 1.10 bits per heavy atom. The summed E-state index contributed by atoms with van der Waals surface area (Å²) in [6.45, 7) is 4.55. The Kier molecular flexibility index (Phi) is 5.44. The zero-order valence-electron chi connectivity index (χ0n) is 12.1. The molecule has 0 aliphatic carbocycles. The van der Waals surface area contributed by atoms with Crippen molar-refractivity contribution in [2.45, 2.75) is 13.3 Å². The summed E-state index contributed by atoms with van der Waals surface area (Å²) in [6, 6.07) is 7.55. The summed E-state index contributed by atoms with van der Waals surface area (Å²) in [5.74, 6) is 0.0674. The molecule has 0 saturated carbocycles. The summed E-state index contributed by atoms with van der Waals surface area (Å²) in [6.07, 6.45) is 0.774. The highest BCUT2D eigenvalue weighted by molar-refractivity contribution is 6.30. The molecule has 5 nitrogen and oxygen atoms in total. The van der Waals surface area contributed by atoms with E-state index in [-0.39, 0.29) is 11.9 Å². The summed E-state index contributed by atoms with van der Waals surface area (Å²) in [5.41, 5.74) is 1.14. The first-order valence-corrected chi connectivity index (χ1v) is 7.47.